The van der Waals surface area contributed by atoms with Gasteiger partial charge in [-0.05, 0) is 38.1 Å². The van der Waals surface area contributed by atoms with E-state index < -0.39 is 11.7 Å². The number of hydrogen-bond acceptors (Lipinski definition) is 6. The molecule has 0 saturated carbocycles. The molecular formula is C22H27F3N4O3. The minimum atomic E-state index is -4.40. The van der Waals surface area contributed by atoms with Gasteiger partial charge in [0, 0.05) is 38.4 Å². The number of ether oxygens (including phenoxy) is 2. The smallest absolute Gasteiger partial charge is 0.417 e. The van der Waals surface area contributed by atoms with Crippen LogP contribution < -0.4 is 19.7 Å². The SMILES string of the molecule is CCOc1ccc(OCC)c(NC(=O)CN2CCN(c3ccc(C(F)(F)F)cn3)CC2)c1. The Kier molecular flexibility index (Phi) is 7.79. The number of carbonyl (C=O) groups excluding carboxylic acids is 1. The number of alkyl halides is 3. The molecule has 7 nitrogen and oxygen atoms in total. The van der Waals surface area contributed by atoms with Gasteiger partial charge < -0.3 is 19.7 Å². The average Bonchev–Trinajstić information content (AvgIpc) is 2.76. The molecule has 0 bridgehead atoms. The fraction of sp³-hybridized carbons (Fsp3) is 0.455. The Morgan fingerprint density at radius 2 is 1.78 bits per heavy atom. The number of pyridine rings is 1. The number of benzene rings is 1. The maximum absolute atomic E-state index is 12.7. The Labute approximate surface area is 185 Å². The van der Waals surface area contributed by atoms with Crippen LogP contribution in [0.4, 0.5) is 24.7 Å². The zero-order valence-electron chi connectivity index (χ0n) is 18.1. The third kappa shape index (κ3) is 6.25. The van der Waals surface area contributed by atoms with Crippen LogP contribution in [0.15, 0.2) is 36.5 Å². The molecule has 1 aromatic heterocycles. The highest BCUT2D eigenvalue weighted by Crippen LogP contribution is 2.30. The van der Waals surface area contributed by atoms with Gasteiger partial charge in [0.2, 0.25) is 5.91 Å². The van der Waals surface area contributed by atoms with Gasteiger partial charge in [0.1, 0.15) is 17.3 Å². The number of amides is 1. The summed E-state index contributed by atoms with van der Waals surface area (Å²) in [4.78, 5) is 20.4. The van der Waals surface area contributed by atoms with E-state index in [9.17, 15) is 18.0 Å². The first-order valence-corrected chi connectivity index (χ1v) is 10.5. The molecule has 1 N–H and O–H groups in total. The molecule has 1 fully saturated rings. The number of halogens is 3. The number of rotatable bonds is 8. The van der Waals surface area contributed by atoms with Crippen LogP contribution in [0, 0.1) is 0 Å². The Morgan fingerprint density at radius 3 is 2.38 bits per heavy atom. The number of carbonyl (C=O) groups is 1. The van der Waals surface area contributed by atoms with Crippen LogP contribution in [0.5, 0.6) is 11.5 Å². The molecule has 1 aliphatic rings. The van der Waals surface area contributed by atoms with E-state index in [4.69, 9.17) is 9.47 Å². The number of piperazine rings is 1. The minimum Gasteiger partial charge on any atom is -0.494 e. The first-order chi connectivity index (χ1) is 15.3. The normalized spacial score (nSPS) is 14.8. The predicted molar refractivity (Wildman–Crippen MR) is 115 cm³/mol. The quantitative estimate of drug-likeness (QED) is 0.660. The Morgan fingerprint density at radius 1 is 1.06 bits per heavy atom. The zero-order valence-corrected chi connectivity index (χ0v) is 18.1. The van der Waals surface area contributed by atoms with E-state index in [1.165, 1.54) is 6.07 Å². The predicted octanol–water partition coefficient (Wildman–Crippen LogP) is 3.66. The molecule has 1 aliphatic heterocycles. The highest BCUT2D eigenvalue weighted by atomic mass is 19.4. The lowest BCUT2D eigenvalue weighted by Crippen LogP contribution is -2.49. The van der Waals surface area contributed by atoms with Crippen molar-refractivity contribution in [2.45, 2.75) is 20.0 Å². The van der Waals surface area contributed by atoms with Crippen LogP contribution in [0.2, 0.25) is 0 Å². The van der Waals surface area contributed by atoms with Gasteiger partial charge in [0.15, 0.2) is 0 Å². The number of nitrogens with one attached hydrogen (secondary N) is 1. The van der Waals surface area contributed by atoms with Crippen LogP contribution in [0.1, 0.15) is 19.4 Å². The van der Waals surface area contributed by atoms with Gasteiger partial charge in [-0.3, -0.25) is 9.69 Å². The molecule has 1 aromatic carbocycles. The average molecular weight is 452 g/mol. The summed E-state index contributed by atoms with van der Waals surface area (Å²) in [5, 5.41) is 2.89. The van der Waals surface area contributed by atoms with E-state index in [1.807, 2.05) is 23.6 Å². The molecule has 2 heterocycles. The molecule has 0 unspecified atom stereocenters. The van der Waals surface area contributed by atoms with Gasteiger partial charge in [0.05, 0.1) is 31.0 Å². The molecule has 32 heavy (non-hydrogen) atoms. The summed E-state index contributed by atoms with van der Waals surface area (Å²) in [6, 6.07) is 7.71. The van der Waals surface area contributed by atoms with Crippen LogP contribution in [0.25, 0.3) is 0 Å². The fourth-order valence-corrected chi connectivity index (χ4v) is 3.41. The van der Waals surface area contributed by atoms with Crippen molar-refractivity contribution in [2.24, 2.45) is 0 Å². The molecular weight excluding hydrogens is 425 g/mol. The molecule has 1 amide bonds. The zero-order chi connectivity index (χ0) is 23.1. The number of hydrogen-bond donors (Lipinski definition) is 1. The van der Waals surface area contributed by atoms with Crippen molar-refractivity contribution in [3.05, 3.63) is 42.1 Å². The molecule has 0 radical (unpaired) electrons. The van der Waals surface area contributed by atoms with E-state index in [-0.39, 0.29) is 12.5 Å². The summed E-state index contributed by atoms with van der Waals surface area (Å²) in [5.41, 5.74) is -0.216. The Hall–Kier alpha value is -3.01. The summed E-state index contributed by atoms with van der Waals surface area (Å²) in [6.45, 7) is 7.24. The topological polar surface area (TPSA) is 66.9 Å². The van der Waals surface area contributed by atoms with Crippen LogP contribution >= 0.6 is 0 Å². The van der Waals surface area contributed by atoms with E-state index >= 15 is 0 Å². The van der Waals surface area contributed by atoms with E-state index in [2.05, 4.69) is 10.3 Å². The summed E-state index contributed by atoms with van der Waals surface area (Å²) in [7, 11) is 0. The lowest BCUT2D eigenvalue weighted by Gasteiger charge is -2.35. The first kappa shape index (κ1) is 23.6. The second-order valence-electron chi connectivity index (χ2n) is 7.24. The van der Waals surface area contributed by atoms with Crippen molar-refractivity contribution in [2.75, 3.05) is 56.2 Å². The molecule has 0 spiro atoms. The van der Waals surface area contributed by atoms with Gasteiger partial charge in [-0.1, -0.05) is 0 Å². The molecule has 3 rings (SSSR count). The summed E-state index contributed by atoms with van der Waals surface area (Å²) >= 11 is 0. The van der Waals surface area contributed by atoms with Gasteiger partial charge in [-0.15, -0.1) is 0 Å². The standard InChI is InChI=1S/C22H27F3N4O3/c1-3-31-17-6-7-19(32-4-2)18(13-17)27-21(30)15-28-9-11-29(12-10-28)20-8-5-16(14-26-20)22(23,24)25/h5-8,13-14H,3-4,9-12,15H2,1-2H3,(H,27,30). The van der Waals surface area contributed by atoms with Gasteiger partial charge in [-0.25, -0.2) is 4.98 Å². The van der Waals surface area contributed by atoms with Crippen molar-refractivity contribution in [1.82, 2.24) is 9.88 Å². The molecule has 0 atom stereocenters. The monoisotopic (exact) mass is 452 g/mol. The second-order valence-corrected chi connectivity index (χ2v) is 7.24. The van der Waals surface area contributed by atoms with Gasteiger partial charge in [-0.2, -0.15) is 13.2 Å². The largest absolute Gasteiger partial charge is 0.494 e. The lowest BCUT2D eigenvalue weighted by atomic mass is 10.2. The fourth-order valence-electron chi connectivity index (χ4n) is 3.41. The van der Waals surface area contributed by atoms with E-state index in [1.54, 1.807) is 18.2 Å². The van der Waals surface area contributed by atoms with Crippen molar-refractivity contribution >= 4 is 17.4 Å². The first-order valence-electron chi connectivity index (χ1n) is 10.5. The van der Waals surface area contributed by atoms with Crippen molar-refractivity contribution in [3.8, 4) is 11.5 Å². The highest BCUT2D eigenvalue weighted by molar-refractivity contribution is 5.94. The summed E-state index contributed by atoms with van der Waals surface area (Å²) in [5.74, 6) is 1.53. The molecule has 174 valence electrons. The maximum Gasteiger partial charge on any atom is 0.417 e. The van der Waals surface area contributed by atoms with E-state index in [0.717, 1.165) is 12.3 Å². The highest BCUT2D eigenvalue weighted by Gasteiger charge is 2.31. The number of anilines is 2. The second kappa shape index (κ2) is 10.5. The van der Waals surface area contributed by atoms with E-state index in [0.29, 0.717) is 62.4 Å². The van der Waals surface area contributed by atoms with Gasteiger partial charge >= 0.3 is 6.18 Å². The van der Waals surface area contributed by atoms with Crippen molar-refractivity contribution in [1.29, 1.82) is 0 Å². The molecule has 1 saturated heterocycles. The number of nitrogens with zero attached hydrogens (tertiary/aromatic N) is 3. The number of aromatic nitrogens is 1. The summed E-state index contributed by atoms with van der Waals surface area (Å²) in [6.07, 6.45) is -3.55. The lowest BCUT2D eigenvalue weighted by molar-refractivity contribution is -0.137. The van der Waals surface area contributed by atoms with Crippen LogP contribution in [-0.4, -0.2) is 61.7 Å². The third-order valence-electron chi connectivity index (χ3n) is 4.97. The maximum atomic E-state index is 12.7. The van der Waals surface area contributed by atoms with Gasteiger partial charge in [0.25, 0.3) is 0 Å². The van der Waals surface area contributed by atoms with Crippen LogP contribution in [0.3, 0.4) is 0 Å². The Bertz CT molecular complexity index is 898. The molecule has 2 aromatic rings. The summed E-state index contributed by atoms with van der Waals surface area (Å²) < 4.78 is 49.2. The Balaban J connectivity index is 1.54. The molecule has 0 aliphatic carbocycles. The third-order valence-corrected chi connectivity index (χ3v) is 4.97. The minimum absolute atomic E-state index is 0.180. The van der Waals surface area contributed by atoms with Crippen molar-refractivity contribution in [3.63, 3.8) is 0 Å². The van der Waals surface area contributed by atoms with Crippen LogP contribution in [-0.2, 0) is 11.0 Å². The van der Waals surface area contributed by atoms with Crippen molar-refractivity contribution < 1.29 is 27.4 Å². The molecule has 10 heteroatoms.